The molecule has 0 atom stereocenters. The normalized spacial score (nSPS) is 10.7. The molecule has 0 aliphatic rings. The monoisotopic (exact) mass is 339 g/mol. The Kier molecular flexibility index (Phi) is 4.57. The molecule has 0 unspecified atom stereocenters. The lowest BCUT2D eigenvalue weighted by Gasteiger charge is -2.09. The van der Waals surface area contributed by atoms with E-state index in [0.29, 0.717) is 17.4 Å². The van der Waals surface area contributed by atoms with Crippen molar-refractivity contribution in [1.29, 1.82) is 0 Å². The quantitative estimate of drug-likeness (QED) is 0.718. The van der Waals surface area contributed by atoms with Crippen LogP contribution in [-0.4, -0.2) is 15.5 Å². The first-order chi connectivity index (χ1) is 11.5. The molecule has 1 heterocycles. The van der Waals surface area contributed by atoms with Crippen molar-refractivity contribution < 1.29 is 4.79 Å². The Labute approximate surface area is 144 Å². The standard InChI is InChI=1S/C18H17N3O2S/c1-12-6-8-13(9-7-12)10-19-16(22)11-21-17(23)14-4-2-3-5-15(14)20-18(21)24/h2-9H,10-11H2,1H3,(H,19,22)(H,20,24). The number of rotatable bonds is 4. The predicted octanol–water partition coefficient (Wildman–Crippen LogP) is 2.68. The first-order valence-electron chi connectivity index (χ1n) is 7.59. The van der Waals surface area contributed by atoms with Gasteiger partial charge in [0.2, 0.25) is 5.91 Å². The fourth-order valence-electron chi connectivity index (χ4n) is 2.45. The number of carbonyl (C=O) groups is 1. The van der Waals surface area contributed by atoms with Gasteiger partial charge < -0.3 is 10.3 Å². The van der Waals surface area contributed by atoms with Gasteiger partial charge >= 0.3 is 0 Å². The van der Waals surface area contributed by atoms with Crippen LogP contribution in [0.2, 0.25) is 0 Å². The number of aromatic amines is 1. The third kappa shape index (κ3) is 3.44. The van der Waals surface area contributed by atoms with Gasteiger partial charge in [0.25, 0.3) is 5.56 Å². The molecule has 1 aromatic heterocycles. The summed E-state index contributed by atoms with van der Waals surface area (Å²) in [5.41, 5.74) is 2.58. The number of aromatic nitrogens is 2. The SMILES string of the molecule is Cc1ccc(CNC(=O)Cn2c(=S)[nH]c3ccccc3c2=O)cc1. The van der Waals surface area contributed by atoms with E-state index in [-0.39, 0.29) is 22.8 Å². The van der Waals surface area contributed by atoms with Crippen LogP contribution in [0.3, 0.4) is 0 Å². The Morgan fingerprint density at radius 3 is 2.62 bits per heavy atom. The molecular formula is C18H17N3O2S. The topological polar surface area (TPSA) is 66.9 Å². The fourth-order valence-corrected chi connectivity index (χ4v) is 2.71. The average molecular weight is 339 g/mol. The Balaban J connectivity index is 1.77. The highest BCUT2D eigenvalue weighted by Crippen LogP contribution is 2.06. The van der Waals surface area contributed by atoms with Crippen LogP contribution in [-0.2, 0) is 17.9 Å². The molecule has 0 bridgehead atoms. The number of benzene rings is 2. The zero-order chi connectivity index (χ0) is 17.1. The van der Waals surface area contributed by atoms with Crippen LogP contribution in [0.15, 0.2) is 53.3 Å². The molecule has 3 aromatic rings. The van der Waals surface area contributed by atoms with Crippen molar-refractivity contribution in [3.63, 3.8) is 0 Å². The average Bonchev–Trinajstić information content (AvgIpc) is 2.58. The Morgan fingerprint density at radius 2 is 1.88 bits per heavy atom. The summed E-state index contributed by atoms with van der Waals surface area (Å²) in [5, 5.41) is 3.32. The molecule has 24 heavy (non-hydrogen) atoms. The van der Waals surface area contributed by atoms with E-state index >= 15 is 0 Å². The molecule has 0 radical (unpaired) electrons. The number of fused-ring (bicyclic) bond motifs is 1. The molecule has 0 aliphatic carbocycles. The molecule has 1 amide bonds. The first kappa shape index (κ1) is 16.1. The van der Waals surface area contributed by atoms with Crippen LogP contribution in [0.1, 0.15) is 11.1 Å². The van der Waals surface area contributed by atoms with Crippen LogP contribution < -0.4 is 10.9 Å². The van der Waals surface area contributed by atoms with Crippen molar-refractivity contribution in [2.75, 3.05) is 0 Å². The van der Waals surface area contributed by atoms with E-state index in [0.717, 1.165) is 5.56 Å². The van der Waals surface area contributed by atoms with Crippen molar-refractivity contribution in [3.05, 3.63) is 74.8 Å². The van der Waals surface area contributed by atoms with Crippen LogP contribution in [0, 0.1) is 11.7 Å². The third-order valence-corrected chi connectivity index (χ3v) is 4.12. The van der Waals surface area contributed by atoms with Crippen LogP contribution >= 0.6 is 12.2 Å². The summed E-state index contributed by atoms with van der Waals surface area (Å²) in [6.07, 6.45) is 0. The Hall–Kier alpha value is -2.73. The summed E-state index contributed by atoms with van der Waals surface area (Å²) in [6.45, 7) is 2.32. The zero-order valence-electron chi connectivity index (χ0n) is 13.2. The Bertz CT molecular complexity index is 1000. The molecule has 0 fully saturated rings. The second-order valence-corrected chi connectivity index (χ2v) is 6.02. The number of carbonyl (C=O) groups excluding carboxylic acids is 1. The van der Waals surface area contributed by atoms with Gasteiger partial charge in [-0.2, -0.15) is 0 Å². The van der Waals surface area contributed by atoms with E-state index in [4.69, 9.17) is 12.2 Å². The number of nitrogens with one attached hydrogen (secondary N) is 2. The highest BCUT2D eigenvalue weighted by atomic mass is 32.1. The van der Waals surface area contributed by atoms with E-state index in [1.807, 2.05) is 37.3 Å². The van der Waals surface area contributed by atoms with Crippen LogP contribution in [0.25, 0.3) is 10.9 Å². The van der Waals surface area contributed by atoms with Gasteiger partial charge in [0.15, 0.2) is 4.77 Å². The van der Waals surface area contributed by atoms with E-state index in [2.05, 4.69) is 10.3 Å². The number of nitrogens with zero attached hydrogens (tertiary/aromatic N) is 1. The van der Waals surface area contributed by atoms with E-state index < -0.39 is 0 Å². The van der Waals surface area contributed by atoms with E-state index in [1.54, 1.807) is 18.2 Å². The lowest BCUT2D eigenvalue weighted by atomic mass is 10.1. The second kappa shape index (κ2) is 6.80. The summed E-state index contributed by atoms with van der Waals surface area (Å²) < 4.78 is 1.52. The summed E-state index contributed by atoms with van der Waals surface area (Å²) >= 11 is 5.20. The third-order valence-electron chi connectivity index (χ3n) is 3.80. The van der Waals surface area contributed by atoms with Gasteiger partial charge in [-0.15, -0.1) is 0 Å². The molecule has 0 aliphatic heterocycles. The van der Waals surface area contributed by atoms with Crippen molar-refractivity contribution >= 4 is 29.0 Å². The number of H-pyrrole nitrogens is 1. The summed E-state index contributed by atoms with van der Waals surface area (Å²) in [4.78, 5) is 27.6. The number of para-hydroxylation sites is 1. The summed E-state index contributed by atoms with van der Waals surface area (Å²) in [6, 6.07) is 15.0. The fraction of sp³-hybridized carbons (Fsp3) is 0.167. The van der Waals surface area contributed by atoms with Gasteiger partial charge in [0.1, 0.15) is 6.54 Å². The van der Waals surface area contributed by atoms with Crippen LogP contribution in [0.5, 0.6) is 0 Å². The van der Waals surface area contributed by atoms with Crippen molar-refractivity contribution in [2.45, 2.75) is 20.0 Å². The lowest BCUT2D eigenvalue weighted by molar-refractivity contribution is -0.121. The van der Waals surface area contributed by atoms with Crippen LogP contribution in [0.4, 0.5) is 0 Å². The maximum atomic E-state index is 12.5. The number of amides is 1. The van der Waals surface area contributed by atoms with Gasteiger partial charge in [-0.3, -0.25) is 14.2 Å². The number of aryl methyl sites for hydroxylation is 1. The number of hydrogen-bond acceptors (Lipinski definition) is 3. The molecule has 0 saturated carbocycles. The molecular weight excluding hydrogens is 322 g/mol. The number of hydrogen-bond donors (Lipinski definition) is 2. The molecule has 0 spiro atoms. The predicted molar refractivity (Wildman–Crippen MR) is 96.4 cm³/mol. The minimum absolute atomic E-state index is 0.106. The smallest absolute Gasteiger partial charge is 0.262 e. The minimum atomic E-state index is -0.264. The maximum absolute atomic E-state index is 12.5. The minimum Gasteiger partial charge on any atom is -0.350 e. The molecule has 2 aromatic carbocycles. The summed E-state index contributed by atoms with van der Waals surface area (Å²) in [7, 11) is 0. The van der Waals surface area contributed by atoms with Crippen molar-refractivity contribution in [1.82, 2.24) is 14.9 Å². The van der Waals surface area contributed by atoms with Crippen molar-refractivity contribution in [2.24, 2.45) is 0 Å². The molecule has 0 saturated heterocycles. The van der Waals surface area contributed by atoms with Gasteiger partial charge in [-0.05, 0) is 36.8 Å². The highest BCUT2D eigenvalue weighted by molar-refractivity contribution is 7.71. The molecule has 3 rings (SSSR count). The second-order valence-electron chi connectivity index (χ2n) is 5.63. The van der Waals surface area contributed by atoms with Gasteiger partial charge in [-0.1, -0.05) is 42.0 Å². The van der Waals surface area contributed by atoms with Crippen molar-refractivity contribution in [3.8, 4) is 0 Å². The first-order valence-corrected chi connectivity index (χ1v) is 7.99. The zero-order valence-corrected chi connectivity index (χ0v) is 14.0. The van der Waals surface area contributed by atoms with Gasteiger partial charge in [0.05, 0.1) is 10.9 Å². The molecule has 2 N–H and O–H groups in total. The summed E-state index contributed by atoms with van der Waals surface area (Å²) in [5.74, 6) is -0.257. The largest absolute Gasteiger partial charge is 0.350 e. The van der Waals surface area contributed by atoms with Gasteiger partial charge in [0, 0.05) is 6.54 Å². The molecule has 122 valence electrons. The highest BCUT2D eigenvalue weighted by Gasteiger charge is 2.09. The van der Waals surface area contributed by atoms with Gasteiger partial charge in [-0.25, -0.2) is 0 Å². The molecule has 6 heteroatoms. The Morgan fingerprint density at radius 1 is 1.17 bits per heavy atom. The molecule has 5 nitrogen and oxygen atoms in total. The lowest BCUT2D eigenvalue weighted by Crippen LogP contribution is -2.32. The van der Waals surface area contributed by atoms with E-state index in [1.165, 1.54) is 10.1 Å². The maximum Gasteiger partial charge on any atom is 0.262 e. The van der Waals surface area contributed by atoms with E-state index in [9.17, 15) is 9.59 Å².